The highest BCUT2D eigenvalue weighted by Crippen LogP contribution is 2.36. The van der Waals surface area contributed by atoms with Gasteiger partial charge in [-0.25, -0.2) is 0 Å². The smallest absolute Gasteiger partial charge is 0.0245 e. The lowest BCUT2D eigenvalue weighted by Crippen LogP contribution is -2.25. The van der Waals surface area contributed by atoms with E-state index in [1.54, 1.807) is 11.1 Å². The molecule has 1 aromatic carbocycles. The minimum absolute atomic E-state index is 0.950. The number of hydrogen-bond donors (Lipinski definition) is 0. The summed E-state index contributed by atoms with van der Waals surface area (Å²) in [7, 11) is 0. The molecule has 112 valence electrons. The molecule has 0 bridgehead atoms. The highest BCUT2D eigenvalue weighted by Gasteiger charge is 2.27. The van der Waals surface area contributed by atoms with Gasteiger partial charge in [0, 0.05) is 0 Å². The van der Waals surface area contributed by atoms with E-state index < -0.39 is 0 Å². The van der Waals surface area contributed by atoms with Crippen molar-refractivity contribution in [3.63, 3.8) is 0 Å². The Morgan fingerprint density at radius 2 is 1.30 bits per heavy atom. The molecule has 0 saturated heterocycles. The van der Waals surface area contributed by atoms with Crippen molar-refractivity contribution in [1.82, 2.24) is 0 Å². The topological polar surface area (TPSA) is 0 Å². The molecule has 0 amide bonds. The van der Waals surface area contributed by atoms with Crippen molar-refractivity contribution in [2.24, 2.45) is 11.8 Å². The van der Waals surface area contributed by atoms with Gasteiger partial charge in [-0.1, -0.05) is 76.6 Å². The van der Waals surface area contributed by atoms with Crippen LogP contribution in [0.4, 0.5) is 0 Å². The van der Waals surface area contributed by atoms with Crippen LogP contribution < -0.4 is 0 Å². The quantitative estimate of drug-likeness (QED) is 0.496. The van der Waals surface area contributed by atoms with Gasteiger partial charge in [-0.15, -0.1) is 0 Å². The molecule has 0 spiro atoms. The number of rotatable bonds is 8. The molecular weight excluding hydrogens is 240 g/mol. The van der Waals surface area contributed by atoms with Gasteiger partial charge in [0.25, 0.3) is 0 Å². The predicted molar refractivity (Wildman–Crippen MR) is 89.1 cm³/mol. The van der Waals surface area contributed by atoms with Gasteiger partial charge in [0.2, 0.25) is 0 Å². The molecule has 0 heterocycles. The van der Waals surface area contributed by atoms with Gasteiger partial charge in [0.1, 0.15) is 0 Å². The lowest BCUT2D eigenvalue weighted by molar-refractivity contribution is 0.261. The molecule has 20 heavy (non-hydrogen) atoms. The zero-order chi connectivity index (χ0) is 14.2. The summed E-state index contributed by atoms with van der Waals surface area (Å²) in [6.45, 7) is 4.63. The van der Waals surface area contributed by atoms with Gasteiger partial charge >= 0.3 is 0 Å². The van der Waals surface area contributed by atoms with Crippen LogP contribution in [-0.2, 0) is 12.8 Å². The van der Waals surface area contributed by atoms with E-state index in [9.17, 15) is 0 Å². The summed E-state index contributed by atoms with van der Waals surface area (Å²) in [6.07, 6.45) is 14.0. The first kappa shape index (κ1) is 15.6. The Morgan fingerprint density at radius 3 is 1.85 bits per heavy atom. The lowest BCUT2D eigenvalue weighted by Gasteiger charge is -2.33. The Balaban J connectivity index is 1.95. The molecule has 0 heteroatoms. The van der Waals surface area contributed by atoms with Gasteiger partial charge in [-0.3, -0.25) is 0 Å². The molecule has 0 radical (unpaired) electrons. The number of fused-ring (bicyclic) bond motifs is 1. The second kappa shape index (κ2) is 8.49. The van der Waals surface area contributed by atoms with Crippen LogP contribution in [-0.4, -0.2) is 0 Å². The van der Waals surface area contributed by atoms with E-state index in [0.29, 0.717) is 0 Å². The normalized spacial score (nSPS) is 21.7. The molecule has 2 atom stereocenters. The van der Waals surface area contributed by atoms with Crippen molar-refractivity contribution in [2.45, 2.75) is 78.1 Å². The Bertz CT molecular complexity index is 379. The van der Waals surface area contributed by atoms with Crippen molar-refractivity contribution in [3.8, 4) is 0 Å². The van der Waals surface area contributed by atoms with Gasteiger partial charge in [-0.2, -0.15) is 0 Å². The van der Waals surface area contributed by atoms with Crippen LogP contribution in [0.15, 0.2) is 24.3 Å². The monoisotopic (exact) mass is 272 g/mol. The van der Waals surface area contributed by atoms with Crippen molar-refractivity contribution in [2.75, 3.05) is 0 Å². The Hall–Kier alpha value is -0.780. The maximum Gasteiger partial charge on any atom is -0.0245 e. The summed E-state index contributed by atoms with van der Waals surface area (Å²) in [6, 6.07) is 9.17. The molecule has 2 rings (SSSR count). The van der Waals surface area contributed by atoms with Gasteiger partial charge in [0.15, 0.2) is 0 Å². The van der Waals surface area contributed by atoms with E-state index in [-0.39, 0.29) is 0 Å². The second-order valence-corrected chi connectivity index (χ2v) is 6.69. The van der Waals surface area contributed by atoms with Crippen LogP contribution >= 0.6 is 0 Å². The van der Waals surface area contributed by atoms with Gasteiger partial charge in [0.05, 0.1) is 0 Å². The molecule has 0 aliphatic heterocycles. The van der Waals surface area contributed by atoms with Crippen molar-refractivity contribution in [1.29, 1.82) is 0 Å². The summed E-state index contributed by atoms with van der Waals surface area (Å²) in [5.41, 5.74) is 3.28. The first-order valence-electron chi connectivity index (χ1n) is 8.91. The van der Waals surface area contributed by atoms with E-state index in [4.69, 9.17) is 0 Å². The lowest BCUT2D eigenvalue weighted by atomic mass is 9.72. The fourth-order valence-electron chi connectivity index (χ4n) is 3.83. The van der Waals surface area contributed by atoms with Crippen LogP contribution in [0.1, 0.15) is 76.3 Å². The standard InChI is InChI=1S/C20H32/c1-3-5-7-8-12-18-16-20-14-10-9-13-19(20)15-17(18)11-6-4-2/h9-10,13-14,17-18H,3-8,11-12,15-16H2,1-2H3. The highest BCUT2D eigenvalue weighted by atomic mass is 14.3. The van der Waals surface area contributed by atoms with E-state index in [0.717, 1.165) is 11.8 Å². The number of hydrogen-bond acceptors (Lipinski definition) is 0. The first-order chi connectivity index (χ1) is 9.85. The van der Waals surface area contributed by atoms with Gasteiger partial charge in [-0.05, 0) is 48.6 Å². The molecule has 0 aromatic heterocycles. The summed E-state index contributed by atoms with van der Waals surface area (Å²) in [4.78, 5) is 0. The first-order valence-corrected chi connectivity index (χ1v) is 8.91. The summed E-state index contributed by atoms with van der Waals surface area (Å²) in [5, 5.41) is 0. The van der Waals surface area contributed by atoms with E-state index >= 15 is 0 Å². The maximum atomic E-state index is 2.37. The average Bonchev–Trinajstić information content (AvgIpc) is 2.49. The molecule has 1 aromatic rings. The van der Waals surface area contributed by atoms with Crippen LogP contribution in [0.3, 0.4) is 0 Å². The molecular formula is C20H32. The molecule has 0 N–H and O–H groups in total. The number of unbranched alkanes of at least 4 members (excludes halogenated alkanes) is 4. The predicted octanol–water partition coefficient (Wildman–Crippen LogP) is 6.18. The Kier molecular flexibility index (Phi) is 6.63. The van der Waals surface area contributed by atoms with Crippen molar-refractivity contribution < 1.29 is 0 Å². The molecule has 0 fully saturated rings. The van der Waals surface area contributed by atoms with E-state index in [1.807, 2.05) is 0 Å². The second-order valence-electron chi connectivity index (χ2n) is 6.69. The SMILES string of the molecule is CCCCCCC1Cc2ccccc2CC1CCCC. The fraction of sp³-hybridized carbons (Fsp3) is 0.700. The minimum atomic E-state index is 0.950. The molecule has 2 unspecified atom stereocenters. The van der Waals surface area contributed by atoms with Crippen LogP contribution in [0, 0.1) is 11.8 Å². The summed E-state index contributed by atoms with van der Waals surface area (Å²) < 4.78 is 0. The van der Waals surface area contributed by atoms with E-state index in [2.05, 4.69) is 38.1 Å². The summed E-state index contributed by atoms with van der Waals surface area (Å²) >= 11 is 0. The maximum absolute atomic E-state index is 2.37. The van der Waals surface area contributed by atoms with Crippen molar-refractivity contribution in [3.05, 3.63) is 35.4 Å². The van der Waals surface area contributed by atoms with E-state index in [1.165, 1.54) is 64.2 Å². The van der Waals surface area contributed by atoms with Crippen LogP contribution in [0.5, 0.6) is 0 Å². The third-order valence-electron chi connectivity index (χ3n) is 5.11. The Labute approximate surface area is 126 Å². The zero-order valence-electron chi connectivity index (χ0n) is 13.5. The fourth-order valence-corrected chi connectivity index (χ4v) is 3.83. The largest absolute Gasteiger partial charge is 0.0654 e. The molecule has 0 nitrogen and oxygen atoms in total. The molecule has 1 aliphatic carbocycles. The average molecular weight is 272 g/mol. The molecule has 1 aliphatic rings. The van der Waals surface area contributed by atoms with Crippen LogP contribution in [0.2, 0.25) is 0 Å². The minimum Gasteiger partial charge on any atom is -0.0654 e. The van der Waals surface area contributed by atoms with Gasteiger partial charge < -0.3 is 0 Å². The summed E-state index contributed by atoms with van der Waals surface area (Å²) in [5.74, 6) is 1.90. The third-order valence-corrected chi connectivity index (χ3v) is 5.11. The molecule has 0 saturated carbocycles. The Morgan fingerprint density at radius 1 is 0.750 bits per heavy atom. The van der Waals surface area contributed by atoms with Crippen LogP contribution in [0.25, 0.3) is 0 Å². The third kappa shape index (κ3) is 4.36. The number of benzene rings is 1. The van der Waals surface area contributed by atoms with Crippen molar-refractivity contribution >= 4 is 0 Å². The highest BCUT2D eigenvalue weighted by molar-refractivity contribution is 5.30. The zero-order valence-corrected chi connectivity index (χ0v) is 13.5.